The maximum atomic E-state index is 12.0. The average molecular weight is 295 g/mol. The van der Waals surface area contributed by atoms with Crippen LogP contribution in [-0.2, 0) is 0 Å². The first-order valence-electron chi connectivity index (χ1n) is 3.92. The SMILES string of the molecule is N=C(/C=C(\N)c1ccnc(Br)n1)C(F)(F)F. The van der Waals surface area contributed by atoms with Crippen LogP contribution in [0.15, 0.2) is 23.1 Å². The number of nitrogens with one attached hydrogen (secondary N) is 1. The molecule has 8 heteroatoms. The van der Waals surface area contributed by atoms with Gasteiger partial charge in [-0.25, -0.2) is 9.97 Å². The van der Waals surface area contributed by atoms with Crippen molar-refractivity contribution in [3.8, 4) is 0 Å². The van der Waals surface area contributed by atoms with Gasteiger partial charge < -0.3 is 5.73 Å². The average Bonchev–Trinajstić information content (AvgIpc) is 2.16. The Balaban J connectivity index is 2.99. The Labute approximate surface area is 97.0 Å². The summed E-state index contributed by atoms with van der Waals surface area (Å²) in [5.41, 5.74) is 3.72. The molecule has 1 rings (SSSR count). The molecule has 1 aromatic heterocycles. The number of aromatic nitrogens is 2. The Morgan fingerprint density at radius 1 is 1.50 bits per heavy atom. The van der Waals surface area contributed by atoms with Crippen LogP contribution in [0.5, 0.6) is 0 Å². The molecule has 16 heavy (non-hydrogen) atoms. The first-order valence-corrected chi connectivity index (χ1v) is 4.72. The van der Waals surface area contributed by atoms with Crippen molar-refractivity contribution in [3.63, 3.8) is 0 Å². The molecule has 3 N–H and O–H groups in total. The molecule has 0 saturated heterocycles. The minimum Gasteiger partial charge on any atom is -0.397 e. The van der Waals surface area contributed by atoms with Crippen molar-refractivity contribution in [2.24, 2.45) is 5.73 Å². The number of hydrogen-bond donors (Lipinski definition) is 2. The Hall–Kier alpha value is -1.44. The molecule has 0 unspecified atom stereocenters. The molecule has 1 aromatic rings. The Kier molecular flexibility index (Phi) is 3.63. The van der Waals surface area contributed by atoms with E-state index in [0.29, 0.717) is 6.08 Å². The Morgan fingerprint density at radius 3 is 2.62 bits per heavy atom. The van der Waals surface area contributed by atoms with Gasteiger partial charge in [0.25, 0.3) is 0 Å². The predicted octanol–water partition coefficient (Wildman–Crippen LogP) is 2.12. The van der Waals surface area contributed by atoms with Crippen LogP contribution in [0.1, 0.15) is 5.69 Å². The van der Waals surface area contributed by atoms with Gasteiger partial charge in [-0.15, -0.1) is 0 Å². The maximum absolute atomic E-state index is 12.0. The second-order valence-corrected chi connectivity index (χ2v) is 3.43. The van der Waals surface area contributed by atoms with E-state index in [-0.39, 0.29) is 16.1 Å². The number of allylic oxidation sites excluding steroid dienone is 1. The fraction of sp³-hybridized carbons (Fsp3) is 0.125. The lowest BCUT2D eigenvalue weighted by molar-refractivity contribution is -0.0583. The third-order valence-corrected chi connectivity index (χ3v) is 1.91. The van der Waals surface area contributed by atoms with Crippen LogP contribution < -0.4 is 5.73 Å². The number of hydrogen-bond acceptors (Lipinski definition) is 4. The summed E-state index contributed by atoms with van der Waals surface area (Å²) in [6, 6.07) is 1.35. The van der Waals surface area contributed by atoms with E-state index >= 15 is 0 Å². The molecule has 0 aliphatic carbocycles. The first kappa shape index (κ1) is 12.6. The van der Waals surface area contributed by atoms with E-state index in [0.717, 1.165) is 0 Å². The minimum atomic E-state index is -4.71. The summed E-state index contributed by atoms with van der Waals surface area (Å²) in [4.78, 5) is 7.45. The normalized spacial score (nSPS) is 12.6. The van der Waals surface area contributed by atoms with Gasteiger partial charge in [0.1, 0.15) is 5.71 Å². The summed E-state index contributed by atoms with van der Waals surface area (Å²) in [6.45, 7) is 0. The van der Waals surface area contributed by atoms with Gasteiger partial charge in [0.15, 0.2) is 4.73 Å². The van der Waals surface area contributed by atoms with Gasteiger partial charge in [-0.1, -0.05) is 0 Å². The number of rotatable bonds is 2. The van der Waals surface area contributed by atoms with Gasteiger partial charge >= 0.3 is 6.18 Å². The van der Waals surface area contributed by atoms with Crippen molar-refractivity contribution in [1.29, 1.82) is 5.41 Å². The molecule has 0 aromatic carbocycles. The molecular formula is C8H6BrF3N4. The lowest BCUT2D eigenvalue weighted by atomic mass is 10.2. The van der Waals surface area contributed by atoms with Crippen molar-refractivity contribution in [2.45, 2.75) is 6.18 Å². The Bertz CT molecular complexity index is 441. The van der Waals surface area contributed by atoms with Crippen LogP contribution in [0.2, 0.25) is 0 Å². The highest BCUT2D eigenvalue weighted by Crippen LogP contribution is 2.18. The summed E-state index contributed by atoms with van der Waals surface area (Å²) >= 11 is 2.96. The molecule has 0 atom stereocenters. The standard InChI is InChI=1S/C8H6BrF3N4/c9-7-15-2-1-5(16-7)4(13)3-6(14)8(10,11)12/h1-3,14H,13H2/b4-3-,14-6?. The van der Waals surface area contributed by atoms with E-state index in [4.69, 9.17) is 11.1 Å². The van der Waals surface area contributed by atoms with Crippen molar-refractivity contribution < 1.29 is 13.2 Å². The summed E-state index contributed by atoms with van der Waals surface area (Å²) < 4.78 is 36.3. The predicted molar refractivity (Wildman–Crippen MR) is 55.7 cm³/mol. The molecule has 0 radical (unpaired) electrons. The van der Waals surface area contributed by atoms with Gasteiger partial charge in [-0.3, -0.25) is 5.41 Å². The Morgan fingerprint density at radius 2 is 2.12 bits per heavy atom. The molecule has 0 amide bonds. The molecule has 0 aliphatic rings. The van der Waals surface area contributed by atoms with Gasteiger partial charge in [-0.05, 0) is 28.1 Å². The highest BCUT2D eigenvalue weighted by atomic mass is 79.9. The third kappa shape index (κ3) is 3.30. The van der Waals surface area contributed by atoms with E-state index in [1.807, 2.05) is 0 Å². The molecule has 4 nitrogen and oxygen atoms in total. The molecule has 0 bridgehead atoms. The largest absolute Gasteiger partial charge is 0.432 e. The number of halogens is 4. The third-order valence-electron chi connectivity index (χ3n) is 1.53. The number of nitrogens with two attached hydrogens (primary N) is 1. The second-order valence-electron chi connectivity index (χ2n) is 2.72. The molecule has 0 spiro atoms. The van der Waals surface area contributed by atoms with E-state index in [2.05, 4.69) is 25.9 Å². The van der Waals surface area contributed by atoms with Crippen LogP contribution in [-0.4, -0.2) is 21.9 Å². The van der Waals surface area contributed by atoms with Gasteiger partial charge in [0.2, 0.25) is 0 Å². The number of alkyl halides is 3. The molecule has 0 aliphatic heterocycles. The molecule has 86 valence electrons. The highest BCUT2D eigenvalue weighted by molar-refractivity contribution is 9.10. The van der Waals surface area contributed by atoms with E-state index in [1.165, 1.54) is 12.3 Å². The summed E-state index contributed by atoms with van der Waals surface area (Å²) in [5, 5.41) is 6.74. The quantitative estimate of drug-likeness (QED) is 0.648. The van der Waals surface area contributed by atoms with Gasteiger partial charge in [-0.2, -0.15) is 13.2 Å². The van der Waals surface area contributed by atoms with Crippen molar-refractivity contribution in [2.75, 3.05) is 0 Å². The van der Waals surface area contributed by atoms with Gasteiger partial charge in [0, 0.05) is 6.20 Å². The lowest BCUT2D eigenvalue weighted by Crippen LogP contribution is -2.20. The van der Waals surface area contributed by atoms with E-state index < -0.39 is 11.9 Å². The summed E-state index contributed by atoms with van der Waals surface area (Å²) in [7, 11) is 0. The lowest BCUT2D eigenvalue weighted by Gasteiger charge is -2.05. The molecule has 0 saturated carbocycles. The van der Waals surface area contributed by atoms with Crippen LogP contribution >= 0.6 is 15.9 Å². The summed E-state index contributed by atoms with van der Waals surface area (Å²) in [6.07, 6.45) is -2.87. The topological polar surface area (TPSA) is 75.7 Å². The zero-order valence-corrected chi connectivity index (χ0v) is 9.30. The van der Waals surface area contributed by atoms with Crippen LogP contribution in [0.4, 0.5) is 13.2 Å². The van der Waals surface area contributed by atoms with Crippen LogP contribution in [0, 0.1) is 5.41 Å². The zero-order valence-electron chi connectivity index (χ0n) is 7.72. The molecule has 1 heterocycles. The van der Waals surface area contributed by atoms with Crippen molar-refractivity contribution in [3.05, 3.63) is 28.8 Å². The smallest absolute Gasteiger partial charge is 0.397 e. The molecular weight excluding hydrogens is 289 g/mol. The van der Waals surface area contributed by atoms with Gasteiger partial charge in [0.05, 0.1) is 11.4 Å². The summed E-state index contributed by atoms with van der Waals surface area (Å²) in [5.74, 6) is 0. The van der Waals surface area contributed by atoms with Crippen molar-refractivity contribution in [1.82, 2.24) is 9.97 Å². The fourth-order valence-electron chi connectivity index (χ4n) is 0.807. The fourth-order valence-corrected chi connectivity index (χ4v) is 1.12. The molecule has 0 fully saturated rings. The monoisotopic (exact) mass is 294 g/mol. The second kappa shape index (κ2) is 4.60. The number of nitrogens with zero attached hydrogens (tertiary/aromatic N) is 2. The van der Waals surface area contributed by atoms with E-state index in [1.54, 1.807) is 0 Å². The minimum absolute atomic E-state index is 0.121. The maximum Gasteiger partial charge on any atom is 0.432 e. The highest BCUT2D eigenvalue weighted by Gasteiger charge is 2.32. The van der Waals surface area contributed by atoms with E-state index in [9.17, 15) is 13.2 Å². The van der Waals surface area contributed by atoms with Crippen LogP contribution in [0.25, 0.3) is 5.70 Å². The zero-order chi connectivity index (χ0) is 12.3. The van der Waals surface area contributed by atoms with Crippen molar-refractivity contribution >= 4 is 27.3 Å². The first-order chi connectivity index (χ1) is 7.30. The van der Waals surface area contributed by atoms with Crippen LogP contribution in [0.3, 0.4) is 0 Å².